The summed E-state index contributed by atoms with van der Waals surface area (Å²) in [4.78, 5) is 17.8. The third-order valence-electron chi connectivity index (χ3n) is 15.6. The van der Waals surface area contributed by atoms with Crippen LogP contribution in [-0.4, -0.2) is 24.9 Å². The predicted molar refractivity (Wildman–Crippen MR) is 436 cm³/mol. The van der Waals surface area contributed by atoms with Crippen LogP contribution in [0.25, 0.3) is 0 Å². The molecular weight excluding hydrogens is 1540 g/mol. The molecule has 0 aliphatic carbocycles. The van der Waals surface area contributed by atoms with Crippen LogP contribution in [0, 0.1) is 45.3 Å². The van der Waals surface area contributed by atoms with Gasteiger partial charge in [0.2, 0.25) is 0 Å². The minimum absolute atomic E-state index is 0. The smallest absolute Gasteiger partial charge is 0.0629 e. The molecule has 0 heterocycles. The minimum atomic E-state index is -0.187. The Bertz CT molecular complexity index is 3730. The van der Waals surface area contributed by atoms with Gasteiger partial charge in [-0.05, 0) is 159 Å². The van der Waals surface area contributed by atoms with Crippen molar-refractivity contribution in [2.45, 2.75) is 237 Å². The van der Waals surface area contributed by atoms with Gasteiger partial charge < -0.3 is 42.3 Å². The topological polar surface area (TPSA) is 351 Å². The van der Waals surface area contributed by atoms with Crippen LogP contribution in [0.4, 0.5) is 22.7 Å². The first kappa shape index (κ1) is 112. The van der Waals surface area contributed by atoms with Crippen LogP contribution in [0.3, 0.4) is 0 Å². The molecule has 8 aromatic rings. The van der Waals surface area contributed by atoms with Gasteiger partial charge in [0, 0.05) is 94.7 Å². The maximum Gasteiger partial charge on any atom is 0.0629 e. The molecule has 0 aromatic heterocycles. The van der Waals surface area contributed by atoms with Crippen LogP contribution in [-0.2, 0) is 107 Å². The fourth-order valence-electron chi connectivity index (χ4n) is 9.58. The summed E-state index contributed by atoms with van der Waals surface area (Å²) < 4.78 is 0. The van der Waals surface area contributed by atoms with Crippen molar-refractivity contribution in [3.05, 3.63) is 237 Å². The van der Waals surface area contributed by atoms with Gasteiger partial charge >= 0.3 is 0 Å². The molecule has 0 N–H and O–H groups in total. The molecule has 18 heteroatoms. The average Bonchev–Trinajstić information content (AvgIpc) is 0.808. The Morgan fingerprint density at radius 3 is 0.482 bits per heavy atom. The average molecular weight is 1650 g/mol. The zero-order chi connectivity index (χ0) is 79.8. The molecule has 0 saturated heterocycles. The molecule has 0 atom stereocenters. The maximum absolute atomic E-state index is 12.8. The molecule has 0 amide bonds. The summed E-state index contributed by atoms with van der Waals surface area (Å²) in [6, 6.07) is 61.9. The summed E-state index contributed by atoms with van der Waals surface area (Å²) in [5.74, 6) is 0.297. The van der Waals surface area contributed by atoms with E-state index in [1.54, 1.807) is 49.1 Å². The van der Waals surface area contributed by atoms with Crippen molar-refractivity contribution in [1.82, 2.24) is 0 Å². The van der Waals surface area contributed by atoms with Gasteiger partial charge in [0.15, 0.2) is 0 Å². The van der Waals surface area contributed by atoms with E-state index in [1.807, 2.05) is 146 Å². The fourth-order valence-corrected chi connectivity index (χ4v) is 9.58. The number of hydrogen-bond acceptors (Lipinski definition) is 12. The van der Waals surface area contributed by atoms with Crippen molar-refractivity contribution in [1.29, 1.82) is 21.0 Å². The summed E-state index contributed by atoms with van der Waals surface area (Å²) in [6.07, 6.45) is 6.79. The molecule has 0 radical (unpaired) electrons. The van der Waals surface area contributed by atoms with E-state index in [2.05, 4.69) is 210 Å². The molecule has 0 fully saturated rings. The predicted octanol–water partition coefficient (Wildman–Crippen LogP) is 22.1. The number of nitriles is 4. The van der Waals surface area contributed by atoms with Gasteiger partial charge in [0.05, 0.1) is 47.0 Å². The fraction of sp³-hybridized carbons (Fsp3) is 0.391. The molecule has 110 heavy (non-hydrogen) atoms. The quantitative estimate of drug-likeness (QED) is 0.104. The molecule has 0 unspecified atom stereocenters. The summed E-state index contributed by atoms with van der Waals surface area (Å²) in [6.45, 7) is 56.6. The summed E-state index contributed by atoms with van der Waals surface area (Å²) in [5, 5.41) is 80.6. The van der Waals surface area contributed by atoms with Gasteiger partial charge in [0.1, 0.15) is 0 Å². The van der Waals surface area contributed by atoms with Gasteiger partial charge in [-0.15, -0.1) is 0 Å². The first-order valence-corrected chi connectivity index (χ1v) is 35.1. The molecule has 0 saturated carbocycles. The normalized spacial score (nSPS) is 11.0. The Hall–Kier alpha value is -9.18. The molecule has 8 aromatic carbocycles. The van der Waals surface area contributed by atoms with Crippen molar-refractivity contribution < 1.29 is 84.5 Å². The van der Waals surface area contributed by atoms with E-state index in [9.17, 15) is 20.4 Å². The van der Waals surface area contributed by atoms with Gasteiger partial charge in [-0.3, -0.25) is 20.0 Å². The van der Waals surface area contributed by atoms with Crippen LogP contribution in [0.5, 0.6) is 23.0 Å². The Kier molecular flexibility index (Phi) is 51.4. The van der Waals surface area contributed by atoms with Crippen LogP contribution in [0.15, 0.2) is 190 Å². The zero-order valence-electron chi connectivity index (χ0n) is 70.1. The van der Waals surface area contributed by atoms with Crippen LogP contribution < -0.4 is 20.4 Å². The van der Waals surface area contributed by atoms with Crippen molar-refractivity contribution in [3.8, 4) is 47.3 Å². The monoisotopic (exact) mass is 1660 g/mol. The van der Waals surface area contributed by atoms with Gasteiger partial charge in [-0.25, -0.2) is 0 Å². The van der Waals surface area contributed by atoms with Gasteiger partial charge in [-0.2, -0.15) is 21.0 Å². The number of benzene rings is 8. The third kappa shape index (κ3) is 39.4. The molecule has 8 rings (SSSR count). The van der Waals surface area contributed by atoms with E-state index in [0.29, 0.717) is 22.3 Å². The van der Waals surface area contributed by atoms with E-state index >= 15 is 0 Å². The summed E-state index contributed by atoms with van der Waals surface area (Å²) >= 11 is 0. The van der Waals surface area contributed by atoms with Crippen molar-refractivity contribution in [2.24, 2.45) is 20.0 Å². The molecular formula is C92H116Mo2N8O8-12. The number of rotatable bonds is 8. The molecule has 16 nitrogen and oxygen atoms in total. The van der Waals surface area contributed by atoms with Crippen molar-refractivity contribution >= 4 is 47.6 Å². The standard InChI is InChI=1S/4C21H27NO.4C2H3N.2Mo.4O/c4*1-20(2,3)16-12-15(14-22-17-10-8-7-9-11-17)19(23)18(13-16)21(4,5)6;4*1-2-3;;;;;;/h4*7-14,23H,1-6H3;4*1H3;;;;;;/q;;;;;;;;;;4*-2/p-4. The largest absolute Gasteiger partial charge is 2.00 e. The van der Waals surface area contributed by atoms with E-state index < -0.39 is 0 Å². The number of para-hydroxylation sites is 4. The molecule has 0 aliphatic heterocycles. The third-order valence-corrected chi connectivity index (χ3v) is 15.6. The van der Waals surface area contributed by atoms with Crippen molar-refractivity contribution in [3.63, 3.8) is 0 Å². The number of aliphatic imine (C=N–C) groups is 4. The van der Waals surface area contributed by atoms with Crippen LogP contribution >= 0.6 is 0 Å². The Morgan fingerprint density at radius 1 is 0.245 bits per heavy atom. The van der Waals surface area contributed by atoms with E-state index in [0.717, 1.165) is 67.3 Å². The van der Waals surface area contributed by atoms with Gasteiger partial charge in [-0.1, -0.05) is 310 Å². The molecule has 0 spiro atoms. The van der Waals surface area contributed by atoms with E-state index in [4.69, 9.17) is 21.0 Å². The van der Waals surface area contributed by atoms with Crippen LogP contribution in [0.1, 0.15) is 261 Å². The van der Waals surface area contributed by atoms with Gasteiger partial charge in [0.25, 0.3) is 0 Å². The summed E-state index contributed by atoms with van der Waals surface area (Å²) in [5.41, 5.74) is 13.3. The molecule has 0 bridgehead atoms. The molecule has 0 aliphatic rings. The zero-order valence-corrected chi connectivity index (χ0v) is 74.1. The summed E-state index contributed by atoms with van der Waals surface area (Å²) in [7, 11) is 0. The SMILES string of the molecule is CC#N.CC#N.CC#N.CC#N.CC(C)(C)c1cc(C=Nc2ccccc2)c([O-])c(C(C)(C)C)c1.CC(C)(C)c1cc(C=Nc2ccccc2)c([O-])c(C(C)(C)C)c1.CC(C)(C)c1cc(C=Nc2ccccc2)c([O-])c(C(C)(C)C)c1.CC(C)(C)c1cc(C=Nc2ccccc2)c([O-])c(C(C)(C)C)c1.[Mo].[Mo].[O-2].[O-2].[O-2].[O-2]. The second-order valence-corrected chi connectivity index (χ2v) is 33.0. The van der Waals surface area contributed by atoms with Crippen molar-refractivity contribution in [2.75, 3.05) is 0 Å². The van der Waals surface area contributed by atoms with E-state index in [1.165, 1.54) is 27.7 Å². The second-order valence-electron chi connectivity index (χ2n) is 33.0. The van der Waals surface area contributed by atoms with Crippen LogP contribution in [0.2, 0.25) is 0 Å². The minimum Gasteiger partial charge on any atom is -2.00 e. The first-order valence-electron chi connectivity index (χ1n) is 35.1. The Labute approximate surface area is 689 Å². The Balaban J connectivity index is -0.000000306. The Morgan fingerprint density at radius 2 is 0.373 bits per heavy atom. The maximum atomic E-state index is 12.8. The molecule has 596 valence electrons. The number of hydrogen-bond donors (Lipinski definition) is 0. The van der Waals surface area contributed by atoms with E-state index in [-0.39, 0.29) is 130 Å². The second kappa shape index (κ2) is 50.6. The first-order chi connectivity index (χ1) is 48.0. The number of nitrogens with zero attached hydrogens (tertiary/aromatic N) is 8.